The van der Waals surface area contributed by atoms with E-state index in [1.165, 1.54) is 0 Å². The van der Waals surface area contributed by atoms with E-state index in [1.807, 2.05) is 12.1 Å². The molecule has 1 unspecified atom stereocenters. The van der Waals surface area contributed by atoms with Gasteiger partial charge in [0.05, 0.1) is 18.2 Å². The number of ether oxygens (including phenoxy) is 2. The molecule has 116 valence electrons. The Morgan fingerprint density at radius 2 is 2.19 bits per heavy atom. The van der Waals surface area contributed by atoms with Crippen LogP contribution in [-0.2, 0) is 16.0 Å². The number of morpholine rings is 1. The second-order valence-electron chi connectivity index (χ2n) is 4.96. The van der Waals surface area contributed by atoms with Gasteiger partial charge in [-0.3, -0.25) is 4.79 Å². The van der Waals surface area contributed by atoms with Crippen molar-refractivity contribution in [2.24, 2.45) is 5.73 Å². The third-order valence-corrected chi connectivity index (χ3v) is 3.72. The number of carbonyl (C=O) groups is 1. The number of halogens is 1. The third-order valence-electron chi connectivity index (χ3n) is 3.43. The van der Waals surface area contributed by atoms with E-state index in [0.29, 0.717) is 50.0 Å². The first-order valence-electron chi connectivity index (χ1n) is 7.14. The van der Waals surface area contributed by atoms with E-state index in [-0.39, 0.29) is 5.91 Å². The molecular weight excluding hydrogens is 292 g/mol. The molecule has 5 nitrogen and oxygen atoms in total. The van der Waals surface area contributed by atoms with Crippen LogP contribution >= 0.6 is 11.6 Å². The minimum atomic E-state index is -0.584. The maximum absolute atomic E-state index is 12.4. The Morgan fingerprint density at radius 1 is 1.48 bits per heavy atom. The summed E-state index contributed by atoms with van der Waals surface area (Å²) in [5, 5.41) is 0.502. The number of para-hydroxylation sites is 1. The van der Waals surface area contributed by atoms with Crippen LogP contribution in [0.25, 0.3) is 0 Å². The van der Waals surface area contributed by atoms with Gasteiger partial charge in [-0.05, 0) is 31.5 Å². The smallest absolute Gasteiger partial charge is 0.263 e. The van der Waals surface area contributed by atoms with Crippen LogP contribution in [0.15, 0.2) is 18.2 Å². The predicted octanol–water partition coefficient (Wildman–Crippen LogP) is 1.47. The summed E-state index contributed by atoms with van der Waals surface area (Å²) in [6.07, 6.45) is 0.0773. The highest BCUT2D eigenvalue weighted by molar-refractivity contribution is 6.32. The van der Waals surface area contributed by atoms with Gasteiger partial charge < -0.3 is 20.1 Å². The zero-order valence-electron chi connectivity index (χ0n) is 12.2. The summed E-state index contributed by atoms with van der Waals surface area (Å²) in [6.45, 7) is 4.59. The van der Waals surface area contributed by atoms with Gasteiger partial charge in [-0.2, -0.15) is 0 Å². The Labute approximate surface area is 130 Å². The molecule has 0 saturated carbocycles. The second kappa shape index (κ2) is 7.64. The van der Waals surface area contributed by atoms with E-state index in [4.69, 9.17) is 26.8 Å². The number of hydrogen-bond donors (Lipinski definition) is 1. The van der Waals surface area contributed by atoms with Gasteiger partial charge >= 0.3 is 0 Å². The zero-order chi connectivity index (χ0) is 15.2. The van der Waals surface area contributed by atoms with E-state index in [1.54, 1.807) is 17.9 Å². The molecule has 6 heteroatoms. The quantitative estimate of drug-likeness (QED) is 0.894. The summed E-state index contributed by atoms with van der Waals surface area (Å²) in [5.74, 6) is 0.510. The lowest BCUT2D eigenvalue weighted by Crippen LogP contribution is -2.46. The molecule has 2 rings (SSSR count). The van der Waals surface area contributed by atoms with Crippen LogP contribution in [0.2, 0.25) is 5.02 Å². The zero-order valence-corrected chi connectivity index (χ0v) is 12.9. The maximum atomic E-state index is 12.4. The molecule has 1 heterocycles. The van der Waals surface area contributed by atoms with Gasteiger partial charge in [0.1, 0.15) is 5.75 Å². The summed E-state index contributed by atoms with van der Waals surface area (Å²) >= 11 is 6.19. The van der Waals surface area contributed by atoms with E-state index in [0.717, 1.165) is 5.56 Å². The Morgan fingerprint density at radius 3 is 2.86 bits per heavy atom. The fourth-order valence-electron chi connectivity index (χ4n) is 2.31. The normalized spacial score (nSPS) is 16.6. The maximum Gasteiger partial charge on any atom is 0.263 e. The van der Waals surface area contributed by atoms with Crippen LogP contribution in [0.4, 0.5) is 0 Å². The van der Waals surface area contributed by atoms with Gasteiger partial charge in [0.25, 0.3) is 5.91 Å². The molecule has 1 saturated heterocycles. The molecule has 0 aromatic heterocycles. The van der Waals surface area contributed by atoms with E-state index in [9.17, 15) is 4.79 Å². The third kappa shape index (κ3) is 4.09. The van der Waals surface area contributed by atoms with Crippen molar-refractivity contribution in [1.29, 1.82) is 0 Å². The van der Waals surface area contributed by atoms with Crippen LogP contribution in [0.5, 0.6) is 5.75 Å². The van der Waals surface area contributed by atoms with Crippen molar-refractivity contribution >= 4 is 17.5 Å². The van der Waals surface area contributed by atoms with Crippen molar-refractivity contribution in [2.75, 3.05) is 32.8 Å². The molecule has 0 radical (unpaired) electrons. The predicted molar refractivity (Wildman–Crippen MR) is 81.7 cm³/mol. The summed E-state index contributed by atoms with van der Waals surface area (Å²) < 4.78 is 11.1. The van der Waals surface area contributed by atoms with Gasteiger partial charge in [0, 0.05) is 13.1 Å². The van der Waals surface area contributed by atoms with Crippen LogP contribution in [0.3, 0.4) is 0 Å². The Kier molecular flexibility index (Phi) is 5.85. The fraction of sp³-hybridized carbons (Fsp3) is 0.533. The highest BCUT2D eigenvalue weighted by Gasteiger charge is 2.25. The molecule has 2 N–H and O–H groups in total. The topological polar surface area (TPSA) is 64.8 Å². The number of nitrogens with two attached hydrogens (primary N) is 1. The summed E-state index contributed by atoms with van der Waals surface area (Å²) in [5.41, 5.74) is 6.52. The summed E-state index contributed by atoms with van der Waals surface area (Å²) in [6, 6.07) is 5.53. The molecule has 0 bridgehead atoms. The SMILES string of the molecule is CC(Oc1c(Cl)cccc1CCN)C(=O)N1CCOCC1. The molecule has 0 spiro atoms. The molecule has 1 atom stereocenters. The minimum Gasteiger partial charge on any atom is -0.479 e. The highest BCUT2D eigenvalue weighted by atomic mass is 35.5. The highest BCUT2D eigenvalue weighted by Crippen LogP contribution is 2.30. The molecule has 1 aromatic rings. The standard InChI is InChI=1S/C15H21ClN2O3/c1-11(15(19)18-7-9-20-10-8-18)21-14-12(5-6-17)3-2-4-13(14)16/h2-4,11H,5-10,17H2,1H3. The van der Waals surface area contributed by atoms with Crippen molar-refractivity contribution in [3.05, 3.63) is 28.8 Å². The Bertz CT molecular complexity index is 490. The van der Waals surface area contributed by atoms with Crippen molar-refractivity contribution in [3.63, 3.8) is 0 Å². The van der Waals surface area contributed by atoms with Crippen molar-refractivity contribution in [2.45, 2.75) is 19.4 Å². The number of hydrogen-bond acceptors (Lipinski definition) is 4. The molecule has 1 aromatic carbocycles. The fourth-order valence-corrected chi connectivity index (χ4v) is 2.54. The number of nitrogens with zero attached hydrogens (tertiary/aromatic N) is 1. The van der Waals surface area contributed by atoms with Gasteiger partial charge in [-0.25, -0.2) is 0 Å². The van der Waals surface area contributed by atoms with Gasteiger partial charge in [-0.15, -0.1) is 0 Å². The first kappa shape index (κ1) is 16.1. The molecule has 1 amide bonds. The second-order valence-corrected chi connectivity index (χ2v) is 5.37. The molecule has 1 fully saturated rings. The first-order chi connectivity index (χ1) is 10.1. The lowest BCUT2D eigenvalue weighted by molar-refractivity contribution is -0.142. The largest absolute Gasteiger partial charge is 0.479 e. The van der Waals surface area contributed by atoms with E-state index < -0.39 is 6.10 Å². The lowest BCUT2D eigenvalue weighted by atomic mass is 10.1. The number of amides is 1. The monoisotopic (exact) mass is 312 g/mol. The van der Waals surface area contributed by atoms with Crippen molar-refractivity contribution in [1.82, 2.24) is 4.90 Å². The van der Waals surface area contributed by atoms with Crippen LogP contribution < -0.4 is 10.5 Å². The van der Waals surface area contributed by atoms with Crippen LogP contribution in [0, 0.1) is 0 Å². The first-order valence-corrected chi connectivity index (χ1v) is 7.52. The summed E-state index contributed by atoms with van der Waals surface area (Å²) in [7, 11) is 0. The molecule has 1 aliphatic rings. The Balaban J connectivity index is 2.07. The minimum absolute atomic E-state index is 0.0445. The molecule has 0 aliphatic carbocycles. The van der Waals surface area contributed by atoms with Crippen molar-refractivity contribution < 1.29 is 14.3 Å². The molecule has 21 heavy (non-hydrogen) atoms. The van der Waals surface area contributed by atoms with Gasteiger partial charge in [0.15, 0.2) is 6.10 Å². The molecular formula is C15H21ClN2O3. The van der Waals surface area contributed by atoms with Crippen LogP contribution in [-0.4, -0.2) is 49.8 Å². The number of rotatable bonds is 5. The van der Waals surface area contributed by atoms with Gasteiger partial charge in [-0.1, -0.05) is 23.7 Å². The van der Waals surface area contributed by atoms with E-state index in [2.05, 4.69) is 0 Å². The lowest BCUT2D eigenvalue weighted by Gasteiger charge is -2.29. The average Bonchev–Trinajstić information content (AvgIpc) is 2.51. The van der Waals surface area contributed by atoms with Gasteiger partial charge in [0.2, 0.25) is 0 Å². The Hall–Kier alpha value is -1.30. The number of benzene rings is 1. The van der Waals surface area contributed by atoms with E-state index >= 15 is 0 Å². The number of carbonyl (C=O) groups excluding carboxylic acids is 1. The summed E-state index contributed by atoms with van der Waals surface area (Å²) in [4.78, 5) is 14.1. The average molecular weight is 313 g/mol. The van der Waals surface area contributed by atoms with Crippen LogP contribution in [0.1, 0.15) is 12.5 Å². The van der Waals surface area contributed by atoms with Crippen molar-refractivity contribution in [3.8, 4) is 5.75 Å². The molecule has 1 aliphatic heterocycles.